The van der Waals surface area contributed by atoms with E-state index in [1.807, 2.05) is 0 Å². The van der Waals surface area contributed by atoms with Crippen molar-refractivity contribution < 1.29 is 4.74 Å². The lowest BCUT2D eigenvalue weighted by Crippen LogP contribution is -1.95. The molecule has 0 radical (unpaired) electrons. The Labute approximate surface area is 132 Å². The number of fused-ring (bicyclic) bond motifs is 2. The Morgan fingerprint density at radius 1 is 0.952 bits per heavy atom. The number of hydrogen-bond donors (Lipinski definition) is 0. The second-order valence-electron chi connectivity index (χ2n) is 5.40. The van der Waals surface area contributed by atoms with Crippen LogP contribution >= 0.6 is 15.9 Å². The van der Waals surface area contributed by atoms with Gasteiger partial charge in [-0.3, -0.25) is 0 Å². The van der Waals surface area contributed by atoms with E-state index in [1.54, 1.807) is 0 Å². The van der Waals surface area contributed by atoms with Gasteiger partial charge in [-0.2, -0.15) is 0 Å². The Morgan fingerprint density at radius 3 is 2.76 bits per heavy atom. The van der Waals surface area contributed by atoms with E-state index in [2.05, 4.69) is 76.6 Å². The Bertz CT molecular complexity index is 804. The number of alkyl halides is 1. The van der Waals surface area contributed by atoms with Crippen molar-refractivity contribution in [3.05, 3.63) is 77.4 Å². The SMILES string of the molecule is BrC(c1ccc2c(c1)CCO2)c1cccc2ccccc12. The van der Waals surface area contributed by atoms with Crippen molar-refractivity contribution in [3.8, 4) is 5.75 Å². The van der Waals surface area contributed by atoms with E-state index < -0.39 is 0 Å². The smallest absolute Gasteiger partial charge is 0.122 e. The molecule has 1 aliphatic rings. The molecular formula is C19H15BrO. The van der Waals surface area contributed by atoms with Crippen LogP contribution in [0.2, 0.25) is 0 Å². The predicted molar refractivity (Wildman–Crippen MR) is 90.4 cm³/mol. The van der Waals surface area contributed by atoms with Crippen LogP contribution in [0.1, 0.15) is 21.5 Å². The van der Waals surface area contributed by atoms with Crippen LogP contribution in [0, 0.1) is 0 Å². The number of ether oxygens (including phenoxy) is 1. The second-order valence-corrected chi connectivity index (χ2v) is 6.31. The van der Waals surface area contributed by atoms with E-state index in [0.29, 0.717) is 0 Å². The summed E-state index contributed by atoms with van der Waals surface area (Å²) in [5.41, 5.74) is 3.92. The van der Waals surface area contributed by atoms with Gasteiger partial charge in [-0.1, -0.05) is 70.5 Å². The van der Waals surface area contributed by atoms with Crippen molar-refractivity contribution in [3.63, 3.8) is 0 Å². The summed E-state index contributed by atoms with van der Waals surface area (Å²) < 4.78 is 5.59. The van der Waals surface area contributed by atoms with Crippen molar-refractivity contribution in [2.45, 2.75) is 11.2 Å². The summed E-state index contributed by atoms with van der Waals surface area (Å²) in [4.78, 5) is 0.203. The summed E-state index contributed by atoms with van der Waals surface area (Å²) in [5, 5.41) is 2.59. The molecule has 0 saturated heterocycles. The molecule has 3 aromatic rings. The summed E-state index contributed by atoms with van der Waals surface area (Å²) in [5.74, 6) is 1.04. The minimum Gasteiger partial charge on any atom is -0.493 e. The summed E-state index contributed by atoms with van der Waals surface area (Å²) in [6.45, 7) is 0.806. The number of halogens is 1. The lowest BCUT2D eigenvalue weighted by molar-refractivity contribution is 0.357. The molecule has 1 unspecified atom stereocenters. The first-order valence-corrected chi connectivity index (χ1v) is 8.12. The molecule has 0 N–H and O–H groups in total. The quantitative estimate of drug-likeness (QED) is 0.579. The predicted octanol–water partition coefficient (Wildman–Crippen LogP) is 5.26. The van der Waals surface area contributed by atoms with Crippen molar-refractivity contribution in [1.29, 1.82) is 0 Å². The Hall–Kier alpha value is -1.80. The summed E-state index contributed by atoms with van der Waals surface area (Å²) in [6.07, 6.45) is 1.01. The van der Waals surface area contributed by atoms with Crippen LogP contribution in [0.5, 0.6) is 5.75 Å². The van der Waals surface area contributed by atoms with Gasteiger partial charge < -0.3 is 4.74 Å². The summed E-state index contributed by atoms with van der Waals surface area (Å²) in [7, 11) is 0. The third-order valence-electron chi connectivity index (χ3n) is 4.10. The minimum absolute atomic E-state index is 0.203. The molecule has 3 aromatic carbocycles. The molecule has 21 heavy (non-hydrogen) atoms. The maximum atomic E-state index is 5.59. The maximum absolute atomic E-state index is 5.59. The van der Waals surface area contributed by atoms with E-state index in [1.165, 1.54) is 27.5 Å². The molecule has 0 bridgehead atoms. The monoisotopic (exact) mass is 338 g/mol. The van der Waals surface area contributed by atoms with Gasteiger partial charge in [0.1, 0.15) is 5.75 Å². The van der Waals surface area contributed by atoms with E-state index in [-0.39, 0.29) is 4.83 Å². The van der Waals surface area contributed by atoms with E-state index >= 15 is 0 Å². The fourth-order valence-corrected chi connectivity index (χ4v) is 3.70. The minimum atomic E-state index is 0.203. The summed E-state index contributed by atoms with van der Waals surface area (Å²) >= 11 is 3.88. The lowest BCUT2D eigenvalue weighted by atomic mass is 9.97. The molecular weight excluding hydrogens is 324 g/mol. The molecule has 104 valence electrons. The molecule has 0 saturated carbocycles. The zero-order valence-corrected chi connectivity index (χ0v) is 13.1. The van der Waals surface area contributed by atoms with Crippen molar-refractivity contribution in [1.82, 2.24) is 0 Å². The highest BCUT2D eigenvalue weighted by Crippen LogP contribution is 2.37. The van der Waals surface area contributed by atoms with Crippen LogP contribution in [0.25, 0.3) is 10.8 Å². The van der Waals surface area contributed by atoms with Gasteiger partial charge in [0.25, 0.3) is 0 Å². The molecule has 0 spiro atoms. The molecule has 1 aliphatic heterocycles. The summed E-state index contributed by atoms with van der Waals surface area (Å²) in [6, 6.07) is 21.5. The van der Waals surface area contributed by atoms with Gasteiger partial charge in [0, 0.05) is 6.42 Å². The Morgan fingerprint density at radius 2 is 1.81 bits per heavy atom. The van der Waals surface area contributed by atoms with Gasteiger partial charge >= 0.3 is 0 Å². The van der Waals surface area contributed by atoms with Crippen LogP contribution < -0.4 is 4.74 Å². The highest BCUT2D eigenvalue weighted by Gasteiger charge is 2.17. The van der Waals surface area contributed by atoms with Crippen LogP contribution in [0.4, 0.5) is 0 Å². The van der Waals surface area contributed by atoms with E-state index in [0.717, 1.165) is 18.8 Å². The highest BCUT2D eigenvalue weighted by molar-refractivity contribution is 9.09. The molecule has 0 aliphatic carbocycles. The van der Waals surface area contributed by atoms with Gasteiger partial charge in [-0.05, 0) is 33.5 Å². The van der Waals surface area contributed by atoms with Crippen molar-refractivity contribution >= 4 is 26.7 Å². The van der Waals surface area contributed by atoms with Gasteiger partial charge in [0.15, 0.2) is 0 Å². The topological polar surface area (TPSA) is 9.23 Å². The maximum Gasteiger partial charge on any atom is 0.122 e. The first-order chi connectivity index (χ1) is 10.3. The van der Waals surface area contributed by atoms with Crippen LogP contribution in [0.15, 0.2) is 60.7 Å². The number of hydrogen-bond acceptors (Lipinski definition) is 1. The van der Waals surface area contributed by atoms with Crippen LogP contribution in [-0.2, 0) is 6.42 Å². The van der Waals surface area contributed by atoms with Crippen molar-refractivity contribution in [2.75, 3.05) is 6.61 Å². The molecule has 1 heterocycles. The molecule has 1 nitrogen and oxygen atoms in total. The first kappa shape index (κ1) is 12.9. The molecule has 0 amide bonds. The van der Waals surface area contributed by atoms with E-state index in [4.69, 9.17) is 4.74 Å². The van der Waals surface area contributed by atoms with Crippen molar-refractivity contribution in [2.24, 2.45) is 0 Å². The molecule has 0 fully saturated rings. The number of rotatable bonds is 2. The van der Waals surface area contributed by atoms with Gasteiger partial charge in [0.05, 0.1) is 11.4 Å². The standard InChI is InChI=1S/C19H15BrO/c20-19(15-8-9-18-14(12-15)10-11-21-18)17-7-3-5-13-4-1-2-6-16(13)17/h1-9,12,19H,10-11H2. The largest absolute Gasteiger partial charge is 0.493 e. The normalized spacial score (nSPS) is 14.7. The van der Waals surface area contributed by atoms with E-state index in [9.17, 15) is 0 Å². The molecule has 2 heteroatoms. The fourth-order valence-electron chi connectivity index (χ4n) is 3.02. The van der Waals surface area contributed by atoms with Gasteiger partial charge in [0.2, 0.25) is 0 Å². The zero-order valence-electron chi connectivity index (χ0n) is 11.6. The van der Waals surface area contributed by atoms with Crippen LogP contribution in [-0.4, -0.2) is 6.61 Å². The average molecular weight is 339 g/mol. The zero-order chi connectivity index (χ0) is 14.2. The average Bonchev–Trinajstić information content (AvgIpc) is 3.01. The highest BCUT2D eigenvalue weighted by atomic mass is 79.9. The van der Waals surface area contributed by atoms with Gasteiger partial charge in [-0.15, -0.1) is 0 Å². The Kier molecular flexibility index (Phi) is 3.19. The number of benzene rings is 3. The third kappa shape index (κ3) is 2.24. The molecule has 4 rings (SSSR count). The lowest BCUT2D eigenvalue weighted by Gasteiger charge is -2.14. The first-order valence-electron chi connectivity index (χ1n) is 7.20. The van der Waals surface area contributed by atoms with Gasteiger partial charge in [-0.25, -0.2) is 0 Å². The second kappa shape index (κ2) is 5.19. The van der Waals surface area contributed by atoms with Crippen LogP contribution in [0.3, 0.4) is 0 Å². The Balaban J connectivity index is 1.81. The molecule has 0 aromatic heterocycles. The molecule has 1 atom stereocenters. The third-order valence-corrected chi connectivity index (χ3v) is 5.12. The fraction of sp³-hybridized carbons (Fsp3) is 0.158.